The van der Waals surface area contributed by atoms with Crippen molar-refractivity contribution in [3.05, 3.63) is 41.5 Å². The molecule has 2 rings (SSSR count). The minimum absolute atomic E-state index is 0.0780. The topological polar surface area (TPSA) is 92.9 Å². The van der Waals surface area contributed by atoms with Gasteiger partial charge >= 0.3 is 5.97 Å². The highest BCUT2D eigenvalue weighted by Gasteiger charge is 2.20. The van der Waals surface area contributed by atoms with Crippen LogP contribution in [0.2, 0.25) is 0 Å². The van der Waals surface area contributed by atoms with Gasteiger partial charge in [0, 0.05) is 32.3 Å². The van der Waals surface area contributed by atoms with Crippen LogP contribution in [-0.2, 0) is 14.3 Å². The van der Waals surface area contributed by atoms with Gasteiger partial charge in [0.25, 0.3) is 0 Å². The number of hydrogen-bond acceptors (Lipinski definition) is 5. The van der Waals surface area contributed by atoms with Crippen LogP contribution in [0.5, 0.6) is 0 Å². The van der Waals surface area contributed by atoms with Gasteiger partial charge in [0.05, 0.1) is 19.2 Å². The van der Waals surface area contributed by atoms with Gasteiger partial charge in [-0.3, -0.25) is 14.5 Å². The highest BCUT2D eigenvalue weighted by molar-refractivity contribution is 5.92. The largest absolute Gasteiger partial charge is 0.465 e. The maximum absolute atomic E-state index is 12.2. The van der Waals surface area contributed by atoms with Crippen molar-refractivity contribution in [1.29, 1.82) is 0 Å². The second-order valence-electron chi connectivity index (χ2n) is 5.51. The lowest BCUT2D eigenvalue weighted by molar-refractivity contribution is -0.128. The average Bonchev–Trinajstić information content (AvgIpc) is 2.59. The summed E-state index contributed by atoms with van der Waals surface area (Å²) in [4.78, 5) is 38.1. The summed E-state index contributed by atoms with van der Waals surface area (Å²) in [6.45, 7) is 2.63. The summed E-state index contributed by atoms with van der Waals surface area (Å²) in [5.74, 6) is -0.828. The number of nitrogens with zero attached hydrogens (tertiary/aromatic N) is 2. The molecule has 0 radical (unpaired) electrons. The number of rotatable bonds is 5. The molecule has 1 saturated heterocycles. The molecule has 2 amide bonds. The average molecular weight is 331 g/mol. The van der Waals surface area contributed by atoms with Gasteiger partial charge in [-0.05, 0) is 23.8 Å². The summed E-state index contributed by atoms with van der Waals surface area (Å²) < 4.78 is 4.64. The first kappa shape index (κ1) is 17.7. The molecule has 0 bridgehead atoms. The molecule has 1 aliphatic heterocycles. The molecule has 0 saturated carbocycles. The molecular formula is C17H21N3O4. The molecule has 1 fully saturated rings. The predicted molar refractivity (Wildman–Crippen MR) is 89.0 cm³/mol. The smallest absolute Gasteiger partial charge is 0.337 e. The molecule has 0 spiro atoms. The summed E-state index contributed by atoms with van der Waals surface area (Å²) >= 11 is 0. The van der Waals surface area contributed by atoms with Crippen LogP contribution in [0.1, 0.15) is 15.9 Å². The number of nitrogens with two attached hydrogens (primary N) is 1. The summed E-state index contributed by atoms with van der Waals surface area (Å²) in [6.07, 6.45) is 3.22. The van der Waals surface area contributed by atoms with Gasteiger partial charge < -0.3 is 15.4 Å². The zero-order valence-corrected chi connectivity index (χ0v) is 13.6. The van der Waals surface area contributed by atoms with E-state index in [0.717, 1.165) is 5.56 Å². The van der Waals surface area contributed by atoms with Crippen LogP contribution in [0, 0.1) is 0 Å². The van der Waals surface area contributed by atoms with Gasteiger partial charge in [0.1, 0.15) is 0 Å². The molecule has 24 heavy (non-hydrogen) atoms. The van der Waals surface area contributed by atoms with Gasteiger partial charge in [-0.2, -0.15) is 0 Å². The second-order valence-corrected chi connectivity index (χ2v) is 5.51. The Balaban J connectivity index is 1.87. The lowest BCUT2D eigenvalue weighted by Crippen LogP contribution is -2.50. The van der Waals surface area contributed by atoms with E-state index in [1.165, 1.54) is 13.2 Å². The fourth-order valence-corrected chi connectivity index (χ4v) is 2.47. The quantitative estimate of drug-likeness (QED) is 0.611. The van der Waals surface area contributed by atoms with Crippen LogP contribution in [0.25, 0.3) is 6.08 Å². The molecule has 0 aromatic heterocycles. The third-order valence-electron chi connectivity index (χ3n) is 3.81. The first-order valence-corrected chi connectivity index (χ1v) is 7.65. The Morgan fingerprint density at radius 3 is 2.29 bits per heavy atom. The monoisotopic (exact) mass is 331 g/mol. The molecule has 0 unspecified atom stereocenters. The fraction of sp³-hybridized carbons (Fsp3) is 0.353. The predicted octanol–water partition coefficient (Wildman–Crippen LogP) is 0.116. The van der Waals surface area contributed by atoms with E-state index in [9.17, 15) is 14.4 Å². The fourth-order valence-electron chi connectivity index (χ4n) is 2.47. The molecule has 1 aromatic carbocycles. The highest BCUT2D eigenvalue weighted by Crippen LogP contribution is 2.08. The first-order chi connectivity index (χ1) is 11.5. The highest BCUT2D eigenvalue weighted by atomic mass is 16.5. The SMILES string of the molecule is COC(=O)c1ccc(C=CC(=O)N2CCN(CC(N)=O)CC2)cc1. The number of piperazine rings is 1. The zero-order valence-electron chi connectivity index (χ0n) is 13.6. The Kier molecular flexibility index (Phi) is 6.08. The number of carbonyl (C=O) groups is 3. The van der Waals surface area contributed by atoms with Gasteiger partial charge in [0.15, 0.2) is 0 Å². The second kappa shape index (κ2) is 8.26. The van der Waals surface area contributed by atoms with E-state index >= 15 is 0 Å². The third kappa shape index (κ3) is 4.92. The molecule has 2 N–H and O–H groups in total. The Labute approximate surface area is 140 Å². The van der Waals surface area contributed by atoms with E-state index < -0.39 is 5.97 Å². The van der Waals surface area contributed by atoms with E-state index in [2.05, 4.69) is 4.74 Å². The summed E-state index contributed by atoms with van der Waals surface area (Å²) in [5, 5.41) is 0. The van der Waals surface area contributed by atoms with E-state index in [0.29, 0.717) is 31.7 Å². The molecular weight excluding hydrogens is 310 g/mol. The maximum atomic E-state index is 12.2. The van der Waals surface area contributed by atoms with Crippen LogP contribution in [0.15, 0.2) is 30.3 Å². The molecule has 0 atom stereocenters. The standard InChI is InChI=1S/C17H21N3O4/c1-24-17(23)14-5-2-13(3-6-14)4-7-16(22)20-10-8-19(9-11-20)12-15(18)21/h2-7H,8-12H2,1H3,(H2,18,21). The van der Waals surface area contributed by atoms with Crippen molar-refractivity contribution in [2.24, 2.45) is 5.73 Å². The van der Waals surface area contributed by atoms with Crippen LogP contribution in [0.4, 0.5) is 0 Å². The molecule has 7 heteroatoms. The summed E-state index contributed by atoms with van der Waals surface area (Å²) in [5.41, 5.74) is 6.45. The molecule has 128 valence electrons. The van der Waals surface area contributed by atoms with Crippen molar-refractivity contribution in [3.63, 3.8) is 0 Å². The first-order valence-electron chi connectivity index (χ1n) is 7.65. The number of hydrogen-bond donors (Lipinski definition) is 1. The van der Waals surface area contributed by atoms with Gasteiger partial charge in [-0.25, -0.2) is 4.79 Å². The van der Waals surface area contributed by atoms with Crippen LogP contribution in [0.3, 0.4) is 0 Å². The lowest BCUT2D eigenvalue weighted by atomic mass is 10.1. The van der Waals surface area contributed by atoms with E-state index in [4.69, 9.17) is 5.73 Å². The molecule has 1 heterocycles. The molecule has 1 aliphatic rings. The number of amides is 2. The summed E-state index contributed by atoms with van der Waals surface area (Å²) in [7, 11) is 1.33. The van der Waals surface area contributed by atoms with Crippen molar-refractivity contribution in [2.45, 2.75) is 0 Å². The van der Waals surface area contributed by atoms with Crippen molar-refractivity contribution < 1.29 is 19.1 Å². The number of carbonyl (C=O) groups excluding carboxylic acids is 3. The van der Waals surface area contributed by atoms with Crippen LogP contribution in [-0.4, -0.2) is 67.4 Å². The Hall–Kier alpha value is -2.67. The van der Waals surface area contributed by atoms with Gasteiger partial charge in [-0.1, -0.05) is 12.1 Å². The Morgan fingerprint density at radius 1 is 1.12 bits per heavy atom. The Morgan fingerprint density at radius 2 is 1.75 bits per heavy atom. The minimum atomic E-state index is -0.393. The number of ether oxygens (including phenoxy) is 1. The Bertz CT molecular complexity index is 632. The van der Waals surface area contributed by atoms with Crippen LogP contribution < -0.4 is 5.73 Å². The van der Waals surface area contributed by atoms with Crippen molar-refractivity contribution in [1.82, 2.24) is 9.80 Å². The van der Waals surface area contributed by atoms with Gasteiger partial charge in [-0.15, -0.1) is 0 Å². The van der Waals surface area contributed by atoms with Gasteiger partial charge in [0.2, 0.25) is 11.8 Å². The summed E-state index contributed by atoms with van der Waals surface area (Å²) in [6, 6.07) is 6.80. The number of primary amides is 1. The van der Waals surface area contributed by atoms with E-state index in [1.807, 2.05) is 4.90 Å². The zero-order chi connectivity index (χ0) is 17.5. The number of esters is 1. The van der Waals surface area contributed by atoms with Crippen molar-refractivity contribution in [3.8, 4) is 0 Å². The molecule has 1 aromatic rings. The normalized spacial score (nSPS) is 15.5. The van der Waals surface area contributed by atoms with E-state index in [-0.39, 0.29) is 18.4 Å². The maximum Gasteiger partial charge on any atom is 0.337 e. The lowest BCUT2D eigenvalue weighted by Gasteiger charge is -2.33. The molecule has 0 aliphatic carbocycles. The van der Waals surface area contributed by atoms with Crippen LogP contribution >= 0.6 is 0 Å². The molecule has 7 nitrogen and oxygen atoms in total. The van der Waals surface area contributed by atoms with Crippen molar-refractivity contribution >= 4 is 23.9 Å². The third-order valence-corrected chi connectivity index (χ3v) is 3.81. The number of benzene rings is 1. The number of methoxy groups -OCH3 is 1. The van der Waals surface area contributed by atoms with Crippen molar-refractivity contribution in [2.75, 3.05) is 39.8 Å². The minimum Gasteiger partial charge on any atom is -0.465 e. The van der Waals surface area contributed by atoms with E-state index in [1.54, 1.807) is 35.2 Å².